The van der Waals surface area contributed by atoms with E-state index in [-0.39, 0.29) is 48.3 Å². The van der Waals surface area contributed by atoms with Crippen molar-refractivity contribution in [3.8, 4) is 11.4 Å². The third-order valence-electron chi connectivity index (χ3n) is 4.90. The molecule has 0 saturated heterocycles. The van der Waals surface area contributed by atoms with E-state index in [2.05, 4.69) is 4.98 Å². The number of aryl methyl sites for hydroxylation is 2. The fraction of sp³-hybridized carbons (Fsp3) is 0.174. The topological polar surface area (TPSA) is 97.5 Å². The van der Waals surface area contributed by atoms with Crippen LogP contribution in [0.25, 0.3) is 5.69 Å². The zero-order valence-electron chi connectivity index (χ0n) is 18.1. The molecule has 0 N–H and O–H groups in total. The van der Waals surface area contributed by atoms with Crippen molar-refractivity contribution in [2.75, 3.05) is 0 Å². The summed E-state index contributed by atoms with van der Waals surface area (Å²) in [6, 6.07) is 16.3. The van der Waals surface area contributed by atoms with Crippen molar-refractivity contribution < 1.29 is 38.8 Å². The molecule has 0 spiro atoms. The standard InChI is InChI=1S/C23H21N3O5.Na/c1-15-4-3-5-16(2)21(15)25-12-18(8-11-20(25)27)14-30-19-9-6-17(7-10-19)13-26-22(28)24-23(29)31-26;/h3-12H,13-14H2,1-2H3,(H,24,28,29);/q;+1/p-1. The Morgan fingerprint density at radius 3 is 2.19 bits per heavy atom. The molecule has 4 rings (SSSR count). The van der Waals surface area contributed by atoms with Crippen molar-refractivity contribution in [2.45, 2.75) is 27.0 Å². The van der Waals surface area contributed by atoms with Crippen LogP contribution in [-0.4, -0.2) is 9.31 Å². The summed E-state index contributed by atoms with van der Waals surface area (Å²) in [5.41, 5.74) is 3.70. The summed E-state index contributed by atoms with van der Waals surface area (Å²) < 4.78 is 13.1. The fourth-order valence-electron chi connectivity index (χ4n) is 3.39. The molecule has 0 radical (unpaired) electrons. The van der Waals surface area contributed by atoms with E-state index in [1.165, 1.54) is 6.07 Å². The molecule has 158 valence electrons. The van der Waals surface area contributed by atoms with Gasteiger partial charge in [-0.05, 0) is 48.7 Å². The first kappa shape index (κ1) is 23.6. The quantitative estimate of drug-likeness (QED) is 0.362. The zero-order chi connectivity index (χ0) is 22.0. The summed E-state index contributed by atoms with van der Waals surface area (Å²) in [5.74, 6) is -0.282. The maximum atomic E-state index is 12.4. The Bertz CT molecular complexity index is 1380. The summed E-state index contributed by atoms with van der Waals surface area (Å²) in [6.07, 6.45) is 1.79. The van der Waals surface area contributed by atoms with Gasteiger partial charge in [-0.15, -0.1) is 0 Å². The largest absolute Gasteiger partial charge is 1.00 e. The third kappa shape index (κ3) is 5.21. The van der Waals surface area contributed by atoms with Crippen molar-refractivity contribution in [2.24, 2.45) is 0 Å². The Balaban J connectivity index is 0.00000289. The maximum Gasteiger partial charge on any atom is 1.00 e. The average Bonchev–Trinajstić information content (AvgIpc) is 3.06. The number of aromatic nitrogens is 3. The van der Waals surface area contributed by atoms with Crippen molar-refractivity contribution in [3.63, 3.8) is 0 Å². The molecule has 0 unspecified atom stereocenters. The van der Waals surface area contributed by atoms with E-state index in [4.69, 9.17) is 9.26 Å². The Morgan fingerprint density at radius 1 is 0.906 bits per heavy atom. The number of hydrogen-bond donors (Lipinski definition) is 0. The van der Waals surface area contributed by atoms with E-state index >= 15 is 0 Å². The van der Waals surface area contributed by atoms with Crippen LogP contribution in [0.15, 0.2) is 79.7 Å². The van der Waals surface area contributed by atoms with E-state index in [9.17, 15) is 14.4 Å². The molecule has 0 amide bonds. The van der Waals surface area contributed by atoms with Gasteiger partial charge < -0.3 is 14.2 Å². The molecule has 0 atom stereocenters. The van der Waals surface area contributed by atoms with Crippen molar-refractivity contribution in [1.82, 2.24) is 14.3 Å². The predicted octanol–water partition coefficient (Wildman–Crippen LogP) is -0.842. The van der Waals surface area contributed by atoms with Crippen LogP contribution in [0.5, 0.6) is 5.75 Å². The van der Waals surface area contributed by atoms with Crippen LogP contribution in [0.2, 0.25) is 0 Å². The first-order valence-electron chi connectivity index (χ1n) is 9.66. The monoisotopic (exact) mass is 441 g/mol. The predicted molar refractivity (Wildman–Crippen MR) is 114 cm³/mol. The van der Waals surface area contributed by atoms with Gasteiger partial charge in [-0.1, -0.05) is 30.3 Å². The minimum Gasteiger partial charge on any atom is -0.489 e. The van der Waals surface area contributed by atoms with Crippen LogP contribution in [-0.2, 0) is 13.2 Å². The summed E-state index contributed by atoms with van der Waals surface area (Å²) >= 11 is 0. The number of benzene rings is 2. The minimum atomic E-state index is -0.910. The molecule has 0 fully saturated rings. The third-order valence-corrected chi connectivity index (χ3v) is 4.90. The van der Waals surface area contributed by atoms with Crippen molar-refractivity contribution in [3.05, 3.63) is 114 Å². The van der Waals surface area contributed by atoms with Gasteiger partial charge in [0.15, 0.2) is 5.69 Å². The fourth-order valence-corrected chi connectivity index (χ4v) is 3.39. The molecule has 0 aliphatic heterocycles. The first-order valence-corrected chi connectivity index (χ1v) is 9.66. The molecule has 2 aromatic carbocycles. The van der Waals surface area contributed by atoms with Gasteiger partial charge in [0.25, 0.3) is 5.56 Å². The van der Waals surface area contributed by atoms with Gasteiger partial charge in [0.1, 0.15) is 12.4 Å². The van der Waals surface area contributed by atoms with Crippen molar-refractivity contribution >= 4 is 0 Å². The van der Waals surface area contributed by atoms with Crippen LogP contribution in [0.4, 0.5) is 0 Å². The second-order valence-corrected chi connectivity index (χ2v) is 7.21. The van der Waals surface area contributed by atoms with Crippen LogP contribution in [0, 0.1) is 13.8 Å². The Kier molecular flexibility index (Phi) is 7.40. The Hall–Kier alpha value is -3.07. The second-order valence-electron chi connectivity index (χ2n) is 7.21. The van der Waals surface area contributed by atoms with E-state index in [1.54, 1.807) is 41.1 Å². The molecular formula is C23H20N3NaO5. The summed E-state index contributed by atoms with van der Waals surface area (Å²) in [7, 11) is 0. The van der Waals surface area contributed by atoms with E-state index < -0.39 is 11.4 Å². The Labute approximate surface area is 205 Å². The van der Waals surface area contributed by atoms with Crippen LogP contribution < -0.4 is 56.3 Å². The smallest absolute Gasteiger partial charge is 0.489 e. The normalized spacial score (nSPS) is 10.6. The van der Waals surface area contributed by atoms with Gasteiger partial charge in [-0.2, -0.15) is 0 Å². The van der Waals surface area contributed by atoms with Crippen LogP contribution in [0.3, 0.4) is 0 Å². The number of nitrogens with zero attached hydrogens (tertiary/aromatic N) is 3. The zero-order valence-corrected chi connectivity index (χ0v) is 20.1. The van der Waals surface area contributed by atoms with Gasteiger partial charge in [0, 0.05) is 24.4 Å². The molecule has 0 saturated carbocycles. The number of rotatable bonds is 6. The van der Waals surface area contributed by atoms with Crippen LogP contribution >= 0.6 is 0 Å². The molecule has 0 aliphatic carbocycles. The maximum absolute atomic E-state index is 12.4. The number of ether oxygens (including phenoxy) is 1. The van der Waals surface area contributed by atoms with Gasteiger partial charge in [0.05, 0.1) is 5.69 Å². The van der Waals surface area contributed by atoms with Gasteiger partial charge in [-0.25, -0.2) is 4.79 Å². The average molecular weight is 441 g/mol. The van der Waals surface area contributed by atoms with Gasteiger partial charge in [0.2, 0.25) is 0 Å². The molecule has 8 nitrogen and oxygen atoms in total. The van der Waals surface area contributed by atoms with Gasteiger partial charge in [-0.3, -0.25) is 18.9 Å². The van der Waals surface area contributed by atoms with Gasteiger partial charge >= 0.3 is 35.3 Å². The SMILES string of the molecule is Cc1cccc(C)c1-n1cc(COc2ccc(Cn3oc(=O)[n-]c3=O)cc2)ccc1=O.[Na+]. The molecule has 4 aromatic rings. The second kappa shape index (κ2) is 10.0. The minimum absolute atomic E-state index is 0. The van der Waals surface area contributed by atoms with Crippen molar-refractivity contribution in [1.29, 1.82) is 0 Å². The first-order chi connectivity index (χ1) is 14.9. The molecular weight excluding hydrogens is 421 g/mol. The number of para-hydroxylation sites is 1. The molecule has 0 bridgehead atoms. The summed E-state index contributed by atoms with van der Waals surface area (Å²) in [5, 5.41) is 0. The van der Waals surface area contributed by atoms with Crippen LogP contribution in [0.1, 0.15) is 22.3 Å². The molecule has 32 heavy (non-hydrogen) atoms. The number of hydrogen-bond acceptors (Lipinski definition) is 5. The molecule has 2 aromatic heterocycles. The summed E-state index contributed by atoms with van der Waals surface area (Å²) in [4.78, 5) is 38.1. The van der Waals surface area contributed by atoms with E-state index in [0.717, 1.165) is 32.7 Å². The van der Waals surface area contributed by atoms with E-state index in [1.807, 2.05) is 32.0 Å². The molecule has 9 heteroatoms. The molecule has 0 aliphatic rings. The van der Waals surface area contributed by atoms with E-state index in [0.29, 0.717) is 5.75 Å². The Morgan fingerprint density at radius 2 is 1.56 bits per heavy atom. The number of pyridine rings is 1. The molecule has 2 heterocycles. The summed E-state index contributed by atoms with van der Waals surface area (Å²) in [6.45, 7) is 4.34.